The molecule has 0 amide bonds. The topological polar surface area (TPSA) is 92.3 Å². The lowest BCUT2D eigenvalue weighted by Gasteiger charge is -2.10. The van der Waals surface area contributed by atoms with E-state index in [1.165, 1.54) is 30.3 Å². The SMILES string of the molecule is CCCS(=O)(=O)NCc1ccc(S(=O)(=O)N[C@@H]2C[C@H]2c2cccc(C(F)(F)F)c2)cc1. The molecule has 2 aromatic rings. The number of sulfonamides is 2. The monoisotopic (exact) mass is 476 g/mol. The number of hydrogen-bond acceptors (Lipinski definition) is 4. The Morgan fingerprint density at radius 2 is 1.71 bits per heavy atom. The van der Waals surface area contributed by atoms with Crippen molar-refractivity contribution in [2.45, 2.75) is 49.3 Å². The summed E-state index contributed by atoms with van der Waals surface area (Å²) in [5, 5.41) is 0. The van der Waals surface area contributed by atoms with E-state index >= 15 is 0 Å². The summed E-state index contributed by atoms with van der Waals surface area (Å²) < 4.78 is 92.2. The standard InChI is InChI=1S/C20H23F3N2O4S2/c1-2-10-30(26,27)24-13-14-6-8-17(9-7-14)31(28,29)25-19-12-18(19)15-4-3-5-16(11-15)20(21,22)23/h3-9,11,18-19,24-25H,2,10,12-13H2,1H3/t18-,19+/m0/s1. The van der Waals surface area contributed by atoms with Crippen molar-refractivity contribution >= 4 is 20.0 Å². The molecule has 2 N–H and O–H groups in total. The summed E-state index contributed by atoms with van der Waals surface area (Å²) in [6.45, 7) is 1.81. The van der Waals surface area contributed by atoms with Gasteiger partial charge < -0.3 is 0 Å². The molecule has 0 aromatic heterocycles. The summed E-state index contributed by atoms with van der Waals surface area (Å²) >= 11 is 0. The number of alkyl halides is 3. The van der Waals surface area contributed by atoms with Crippen molar-refractivity contribution in [3.63, 3.8) is 0 Å². The highest BCUT2D eigenvalue weighted by molar-refractivity contribution is 7.89. The molecule has 0 aliphatic heterocycles. The summed E-state index contributed by atoms with van der Waals surface area (Å²) in [6.07, 6.45) is -3.55. The van der Waals surface area contributed by atoms with Gasteiger partial charge in [0.05, 0.1) is 16.2 Å². The fourth-order valence-corrected chi connectivity index (χ4v) is 5.59. The summed E-state index contributed by atoms with van der Waals surface area (Å²) in [7, 11) is -7.23. The van der Waals surface area contributed by atoms with E-state index < -0.39 is 37.8 Å². The zero-order valence-corrected chi connectivity index (χ0v) is 18.3. The van der Waals surface area contributed by atoms with E-state index in [2.05, 4.69) is 9.44 Å². The van der Waals surface area contributed by atoms with Gasteiger partial charge in [-0.15, -0.1) is 0 Å². The average molecular weight is 477 g/mol. The highest BCUT2D eigenvalue weighted by Gasteiger charge is 2.42. The number of halogens is 3. The highest BCUT2D eigenvalue weighted by Crippen LogP contribution is 2.43. The molecule has 1 aliphatic carbocycles. The smallest absolute Gasteiger partial charge is 0.212 e. The van der Waals surface area contributed by atoms with Crippen LogP contribution in [0.3, 0.4) is 0 Å². The van der Waals surface area contributed by atoms with Gasteiger partial charge >= 0.3 is 6.18 Å². The molecule has 1 fully saturated rings. The second-order valence-corrected chi connectivity index (χ2v) is 11.1. The average Bonchev–Trinajstić information content (AvgIpc) is 3.44. The van der Waals surface area contributed by atoms with Gasteiger partial charge in [-0.05, 0) is 42.2 Å². The second kappa shape index (κ2) is 8.89. The first-order valence-corrected chi connectivity index (χ1v) is 12.8. The third-order valence-electron chi connectivity index (χ3n) is 4.94. The minimum atomic E-state index is -4.45. The fourth-order valence-electron chi connectivity index (χ4n) is 3.23. The van der Waals surface area contributed by atoms with Crippen molar-refractivity contribution in [2.75, 3.05) is 5.75 Å². The fraction of sp³-hybridized carbons (Fsp3) is 0.400. The quantitative estimate of drug-likeness (QED) is 0.581. The van der Waals surface area contributed by atoms with Gasteiger partial charge in [-0.2, -0.15) is 13.2 Å². The van der Waals surface area contributed by atoms with Gasteiger partial charge in [0.15, 0.2) is 0 Å². The maximum atomic E-state index is 12.9. The Labute approximate surface area is 180 Å². The summed E-state index contributed by atoms with van der Waals surface area (Å²) in [5.41, 5.74) is 0.285. The summed E-state index contributed by atoms with van der Waals surface area (Å²) in [4.78, 5) is 0.00218. The van der Waals surface area contributed by atoms with E-state index in [9.17, 15) is 30.0 Å². The Balaban J connectivity index is 1.62. The van der Waals surface area contributed by atoms with Crippen molar-refractivity contribution in [3.8, 4) is 0 Å². The van der Waals surface area contributed by atoms with E-state index in [1.807, 2.05) is 0 Å². The lowest BCUT2D eigenvalue weighted by Crippen LogP contribution is -2.27. The number of hydrogen-bond donors (Lipinski definition) is 2. The largest absolute Gasteiger partial charge is 0.416 e. The molecule has 0 spiro atoms. The van der Waals surface area contributed by atoms with E-state index in [4.69, 9.17) is 0 Å². The van der Waals surface area contributed by atoms with Crippen LogP contribution in [0.15, 0.2) is 53.4 Å². The van der Waals surface area contributed by atoms with Gasteiger partial charge in [0, 0.05) is 18.5 Å². The summed E-state index contributed by atoms with van der Waals surface area (Å²) in [5.74, 6) is -0.304. The molecule has 1 saturated carbocycles. The van der Waals surface area contributed by atoms with Gasteiger partial charge in [0.2, 0.25) is 20.0 Å². The molecule has 170 valence electrons. The maximum absolute atomic E-state index is 12.9. The van der Waals surface area contributed by atoms with E-state index in [0.717, 1.165) is 12.1 Å². The van der Waals surface area contributed by atoms with Crippen LogP contribution < -0.4 is 9.44 Å². The normalized spacial score (nSPS) is 19.4. The maximum Gasteiger partial charge on any atom is 0.416 e. The van der Waals surface area contributed by atoms with Crippen molar-refractivity contribution in [1.82, 2.24) is 9.44 Å². The lowest BCUT2D eigenvalue weighted by atomic mass is 10.1. The number of rotatable bonds is 9. The second-order valence-electron chi connectivity index (χ2n) is 7.48. The Hall–Kier alpha value is -1.95. The molecule has 1 aliphatic rings. The predicted molar refractivity (Wildman–Crippen MR) is 110 cm³/mol. The minimum Gasteiger partial charge on any atom is -0.212 e. The van der Waals surface area contributed by atoms with Crippen LogP contribution in [-0.2, 0) is 32.8 Å². The van der Waals surface area contributed by atoms with Crippen LogP contribution >= 0.6 is 0 Å². The molecule has 0 radical (unpaired) electrons. The van der Waals surface area contributed by atoms with Crippen molar-refractivity contribution in [2.24, 2.45) is 0 Å². The van der Waals surface area contributed by atoms with Crippen LogP contribution in [0.4, 0.5) is 13.2 Å². The molecule has 3 rings (SSSR count). The Morgan fingerprint density at radius 3 is 2.32 bits per heavy atom. The first kappa shape index (κ1) is 23.7. The molecule has 0 saturated heterocycles. The summed E-state index contributed by atoms with van der Waals surface area (Å²) in [6, 6.07) is 10.2. The van der Waals surface area contributed by atoms with Crippen LogP contribution in [0.1, 0.15) is 42.4 Å². The zero-order chi connectivity index (χ0) is 22.9. The highest BCUT2D eigenvalue weighted by atomic mass is 32.2. The Morgan fingerprint density at radius 1 is 1.03 bits per heavy atom. The predicted octanol–water partition coefficient (Wildman–Crippen LogP) is 3.37. The van der Waals surface area contributed by atoms with E-state index in [-0.39, 0.29) is 23.1 Å². The molecule has 2 atom stereocenters. The molecule has 0 unspecified atom stereocenters. The van der Waals surface area contributed by atoms with Crippen LogP contribution in [0.25, 0.3) is 0 Å². The van der Waals surface area contributed by atoms with Crippen molar-refractivity contribution in [1.29, 1.82) is 0 Å². The third kappa shape index (κ3) is 6.28. The molecule has 31 heavy (non-hydrogen) atoms. The molecule has 6 nitrogen and oxygen atoms in total. The first-order valence-electron chi connectivity index (χ1n) is 9.67. The lowest BCUT2D eigenvalue weighted by molar-refractivity contribution is -0.137. The molecule has 2 aromatic carbocycles. The molecule has 0 heterocycles. The van der Waals surface area contributed by atoms with Crippen LogP contribution in [0, 0.1) is 0 Å². The Bertz CT molecular complexity index is 1130. The van der Waals surface area contributed by atoms with Crippen molar-refractivity contribution < 1.29 is 30.0 Å². The van der Waals surface area contributed by atoms with Gasteiger partial charge in [-0.3, -0.25) is 0 Å². The minimum absolute atomic E-state index is 0.00218. The van der Waals surface area contributed by atoms with E-state index in [1.54, 1.807) is 13.0 Å². The van der Waals surface area contributed by atoms with Gasteiger partial charge in [-0.1, -0.05) is 37.3 Å². The molecular weight excluding hydrogens is 453 g/mol. The molecular formula is C20H23F3N2O4S2. The number of benzene rings is 2. The number of nitrogens with one attached hydrogen (secondary N) is 2. The van der Waals surface area contributed by atoms with Crippen molar-refractivity contribution in [3.05, 3.63) is 65.2 Å². The van der Waals surface area contributed by atoms with Gasteiger partial charge in [-0.25, -0.2) is 26.3 Å². The molecule has 11 heteroatoms. The van der Waals surface area contributed by atoms with E-state index in [0.29, 0.717) is 24.0 Å². The third-order valence-corrected chi connectivity index (χ3v) is 7.98. The molecule has 0 bridgehead atoms. The van der Waals surface area contributed by atoms with Crippen LogP contribution in [0.5, 0.6) is 0 Å². The Kier molecular flexibility index (Phi) is 6.80. The van der Waals surface area contributed by atoms with Crippen LogP contribution in [0.2, 0.25) is 0 Å². The van der Waals surface area contributed by atoms with Gasteiger partial charge in [0.1, 0.15) is 0 Å². The zero-order valence-electron chi connectivity index (χ0n) is 16.7. The van der Waals surface area contributed by atoms with Gasteiger partial charge in [0.25, 0.3) is 0 Å². The first-order chi connectivity index (χ1) is 14.4. The van der Waals surface area contributed by atoms with Crippen LogP contribution in [-0.4, -0.2) is 28.6 Å².